The molecule has 4 heterocycles. The van der Waals surface area contributed by atoms with Crippen molar-refractivity contribution >= 4 is 40.3 Å². The summed E-state index contributed by atoms with van der Waals surface area (Å²) in [4.78, 5) is 47.4. The van der Waals surface area contributed by atoms with Gasteiger partial charge in [-0.15, -0.1) is 0 Å². The highest BCUT2D eigenvalue weighted by Crippen LogP contribution is 2.30. The lowest BCUT2D eigenvalue weighted by Gasteiger charge is -2.14. The van der Waals surface area contributed by atoms with Gasteiger partial charge in [0.15, 0.2) is 10.8 Å². The van der Waals surface area contributed by atoms with Crippen LogP contribution in [-0.2, 0) is 14.4 Å². The van der Waals surface area contributed by atoms with E-state index in [1.165, 1.54) is 13.3 Å². The van der Waals surface area contributed by atoms with Crippen LogP contribution in [0.4, 0.5) is 5.82 Å². The fourth-order valence-corrected chi connectivity index (χ4v) is 4.54. The molecule has 1 aromatic carbocycles. The Morgan fingerprint density at radius 2 is 1.78 bits per heavy atom. The fourth-order valence-electron chi connectivity index (χ4n) is 3.57. The van der Waals surface area contributed by atoms with Crippen molar-refractivity contribution in [3.63, 3.8) is 0 Å². The average molecular weight is 524 g/mol. The van der Waals surface area contributed by atoms with Crippen LogP contribution >= 0.6 is 11.3 Å². The van der Waals surface area contributed by atoms with Gasteiger partial charge in [0.25, 0.3) is 0 Å². The molecule has 0 aliphatic carbocycles. The molecule has 0 bridgehead atoms. The quantitative estimate of drug-likeness (QED) is 0.327. The molecular formula is C26H33N7O3S. The van der Waals surface area contributed by atoms with Crippen LogP contribution in [0.25, 0.3) is 26.7 Å². The second kappa shape index (κ2) is 13.9. The van der Waals surface area contributed by atoms with Crippen LogP contribution in [0.15, 0.2) is 49.2 Å². The molecule has 1 fully saturated rings. The molecule has 1 aliphatic heterocycles. The van der Waals surface area contributed by atoms with E-state index in [0.29, 0.717) is 12.2 Å². The molecule has 0 spiro atoms. The molecule has 37 heavy (non-hydrogen) atoms. The summed E-state index contributed by atoms with van der Waals surface area (Å²) in [6.07, 6.45) is 11.3. The first-order valence-corrected chi connectivity index (χ1v) is 13.1. The van der Waals surface area contributed by atoms with E-state index in [9.17, 15) is 14.4 Å². The number of thiazole rings is 1. The molecule has 3 aromatic heterocycles. The van der Waals surface area contributed by atoms with E-state index in [2.05, 4.69) is 63.7 Å². The molecule has 0 saturated carbocycles. The Labute approximate surface area is 220 Å². The number of carbonyl (C=O) groups excluding carboxylic acids is 3. The maximum absolute atomic E-state index is 11.3. The standard InChI is InChI=1S/C15H11N5OS.C8H14N2O2.C3H8/c21-9-18-14-7-20-6-13(22-15(20)19-14)11-3-1-10(2-4-11)12-5-16-8-17-12;1-7(11)9-6-8(12)10-4-2-3-5-10;1-3-2/h1-9H,(H,16,17)(H,18,21);2-6H2,1H3,(H,9,11);3H2,1-2H3. The number of carbonyl (C=O) groups is 3. The molecule has 5 rings (SSSR count). The topological polar surface area (TPSA) is 124 Å². The van der Waals surface area contributed by atoms with Gasteiger partial charge in [0.2, 0.25) is 18.2 Å². The summed E-state index contributed by atoms with van der Waals surface area (Å²) in [5.41, 5.74) is 3.22. The average Bonchev–Trinajstić information content (AvgIpc) is 3.69. The van der Waals surface area contributed by atoms with E-state index < -0.39 is 0 Å². The van der Waals surface area contributed by atoms with Crippen molar-refractivity contribution < 1.29 is 14.4 Å². The van der Waals surface area contributed by atoms with Gasteiger partial charge < -0.3 is 20.5 Å². The van der Waals surface area contributed by atoms with E-state index >= 15 is 0 Å². The first-order chi connectivity index (χ1) is 17.9. The summed E-state index contributed by atoms with van der Waals surface area (Å²) in [6, 6.07) is 8.27. The van der Waals surface area contributed by atoms with E-state index in [1.807, 2.05) is 10.6 Å². The highest BCUT2D eigenvalue weighted by Gasteiger charge is 2.17. The van der Waals surface area contributed by atoms with Crippen LogP contribution in [-0.4, -0.2) is 62.1 Å². The number of aromatic amines is 1. The third-order valence-electron chi connectivity index (χ3n) is 5.29. The van der Waals surface area contributed by atoms with Crippen molar-refractivity contribution in [3.8, 4) is 21.7 Å². The molecule has 10 nitrogen and oxygen atoms in total. The van der Waals surface area contributed by atoms with E-state index in [-0.39, 0.29) is 18.4 Å². The van der Waals surface area contributed by atoms with Crippen molar-refractivity contribution in [3.05, 3.63) is 49.2 Å². The zero-order valence-electron chi connectivity index (χ0n) is 21.4. The van der Waals surface area contributed by atoms with Crippen molar-refractivity contribution in [2.24, 2.45) is 0 Å². The van der Waals surface area contributed by atoms with Crippen molar-refractivity contribution in [1.29, 1.82) is 0 Å². The molecule has 0 radical (unpaired) electrons. The van der Waals surface area contributed by atoms with Gasteiger partial charge in [-0.1, -0.05) is 55.9 Å². The third kappa shape index (κ3) is 8.01. The molecule has 0 unspecified atom stereocenters. The van der Waals surface area contributed by atoms with Crippen LogP contribution in [0.5, 0.6) is 0 Å². The maximum atomic E-state index is 11.3. The van der Waals surface area contributed by atoms with E-state index in [1.54, 1.807) is 35.0 Å². The molecule has 3 N–H and O–H groups in total. The number of benzene rings is 1. The van der Waals surface area contributed by atoms with Gasteiger partial charge in [-0.05, 0) is 24.0 Å². The molecule has 11 heteroatoms. The number of amides is 3. The molecule has 1 saturated heterocycles. The summed E-state index contributed by atoms with van der Waals surface area (Å²) in [5, 5.41) is 5.04. The Balaban J connectivity index is 0.000000215. The molecule has 1 aliphatic rings. The molecule has 4 aromatic rings. The Kier molecular flexibility index (Phi) is 10.4. The lowest BCUT2D eigenvalue weighted by Crippen LogP contribution is -2.37. The highest BCUT2D eigenvalue weighted by atomic mass is 32.1. The number of anilines is 1. The minimum Gasteiger partial charge on any atom is -0.347 e. The normalized spacial score (nSPS) is 12.2. The first kappa shape index (κ1) is 27.6. The van der Waals surface area contributed by atoms with Crippen LogP contribution in [0.2, 0.25) is 0 Å². The van der Waals surface area contributed by atoms with Gasteiger partial charge in [0.05, 0.1) is 35.8 Å². The number of hydrogen-bond acceptors (Lipinski definition) is 6. The van der Waals surface area contributed by atoms with Gasteiger partial charge in [-0.2, -0.15) is 0 Å². The Bertz CT molecular complexity index is 1240. The largest absolute Gasteiger partial charge is 0.347 e. The summed E-state index contributed by atoms with van der Waals surface area (Å²) < 4.78 is 1.91. The summed E-state index contributed by atoms with van der Waals surface area (Å²) in [7, 11) is 0. The van der Waals surface area contributed by atoms with Crippen LogP contribution in [0.3, 0.4) is 0 Å². The lowest BCUT2D eigenvalue weighted by molar-refractivity contribution is -0.131. The SMILES string of the molecule is CC(=O)NCC(=O)N1CCCC1.CCC.O=CNc1cn2cc(-c3ccc(-c4cnc[nH]4)cc3)sc2n1. The first-order valence-electron chi connectivity index (χ1n) is 12.2. The molecule has 0 atom stereocenters. The molecule has 196 valence electrons. The number of H-pyrrole nitrogens is 1. The van der Waals surface area contributed by atoms with E-state index in [4.69, 9.17) is 0 Å². The zero-order valence-corrected chi connectivity index (χ0v) is 22.2. The number of rotatable bonds is 6. The minimum absolute atomic E-state index is 0.0303. The minimum atomic E-state index is -0.150. The number of fused-ring (bicyclic) bond motifs is 1. The van der Waals surface area contributed by atoms with Gasteiger partial charge in [0.1, 0.15) is 0 Å². The highest BCUT2D eigenvalue weighted by molar-refractivity contribution is 7.20. The van der Waals surface area contributed by atoms with Crippen LogP contribution < -0.4 is 10.6 Å². The van der Waals surface area contributed by atoms with Gasteiger partial charge in [-0.25, -0.2) is 9.97 Å². The van der Waals surface area contributed by atoms with Crippen LogP contribution in [0, 0.1) is 0 Å². The number of imidazole rings is 2. The van der Waals surface area contributed by atoms with Gasteiger partial charge >= 0.3 is 0 Å². The van der Waals surface area contributed by atoms with Crippen LogP contribution in [0.1, 0.15) is 40.0 Å². The summed E-state index contributed by atoms with van der Waals surface area (Å²) in [5.74, 6) is 0.438. The smallest absolute Gasteiger partial charge is 0.241 e. The Hall–Kier alpha value is -3.99. The third-order valence-corrected chi connectivity index (χ3v) is 6.33. The van der Waals surface area contributed by atoms with Crippen molar-refractivity contribution in [2.45, 2.75) is 40.0 Å². The number of hydrogen-bond donors (Lipinski definition) is 3. The summed E-state index contributed by atoms with van der Waals surface area (Å²) in [6.45, 7) is 7.50. The predicted octanol–water partition coefficient (Wildman–Crippen LogP) is 4.18. The second-order valence-corrected chi connectivity index (χ2v) is 9.43. The zero-order chi connectivity index (χ0) is 26.6. The summed E-state index contributed by atoms with van der Waals surface area (Å²) >= 11 is 1.58. The predicted molar refractivity (Wildman–Crippen MR) is 146 cm³/mol. The number of aromatic nitrogens is 4. The van der Waals surface area contributed by atoms with Gasteiger partial charge in [-0.3, -0.25) is 18.8 Å². The fraction of sp³-hybridized carbons (Fsp3) is 0.346. The molecule has 3 amide bonds. The monoisotopic (exact) mass is 523 g/mol. The maximum Gasteiger partial charge on any atom is 0.241 e. The molecular weight excluding hydrogens is 490 g/mol. The second-order valence-electron chi connectivity index (χ2n) is 8.42. The van der Waals surface area contributed by atoms with E-state index in [0.717, 1.165) is 52.6 Å². The van der Waals surface area contributed by atoms with Crippen molar-refractivity contribution in [1.82, 2.24) is 29.6 Å². The van der Waals surface area contributed by atoms with Gasteiger partial charge in [0, 0.05) is 26.2 Å². The number of nitrogens with one attached hydrogen (secondary N) is 3. The Morgan fingerprint density at radius 3 is 2.35 bits per heavy atom. The van der Waals surface area contributed by atoms with Crippen molar-refractivity contribution in [2.75, 3.05) is 25.0 Å². The Morgan fingerprint density at radius 1 is 1.11 bits per heavy atom. The lowest BCUT2D eigenvalue weighted by atomic mass is 10.1. The number of likely N-dealkylation sites (tertiary alicyclic amines) is 1. The number of nitrogens with zero attached hydrogens (tertiary/aromatic N) is 4.